The van der Waals surface area contributed by atoms with Gasteiger partial charge < -0.3 is 19.0 Å². The zero-order valence-corrected chi connectivity index (χ0v) is 27.4. The molecular weight excluding hydrogens is 724 g/mol. The lowest BCUT2D eigenvalue weighted by atomic mass is 10.2. The summed E-state index contributed by atoms with van der Waals surface area (Å²) in [5.74, 6) is -2.86. The number of hydrogen-bond donors (Lipinski definition) is 2. The van der Waals surface area contributed by atoms with Crippen molar-refractivity contribution in [1.82, 2.24) is 49.8 Å². The molecule has 0 aliphatic rings. The second-order valence-corrected chi connectivity index (χ2v) is 11.4. The molecule has 53 heavy (non-hydrogen) atoms. The average Bonchev–Trinajstić information content (AvgIpc) is 3.98. The summed E-state index contributed by atoms with van der Waals surface area (Å²) in [6, 6.07) is 19.0. The Bertz CT molecular complexity index is 2660. The Morgan fingerprint density at radius 2 is 1.17 bits per heavy atom. The van der Waals surface area contributed by atoms with Gasteiger partial charge in [0.1, 0.15) is 46.9 Å². The van der Waals surface area contributed by atoms with Gasteiger partial charge >= 0.3 is 0 Å². The van der Waals surface area contributed by atoms with Crippen molar-refractivity contribution in [3.63, 3.8) is 0 Å². The molecule has 8 rings (SSSR count). The molecule has 0 fully saturated rings. The van der Waals surface area contributed by atoms with Crippen LogP contribution in [0.1, 0.15) is 12.6 Å². The lowest BCUT2D eigenvalue weighted by molar-refractivity contribution is 0.421. The fourth-order valence-electron chi connectivity index (χ4n) is 5.05. The summed E-state index contributed by atoms with van der Waals surface area (Å²) < 4.78 is 67.3. The zero-order valence-electron chi connectivity index (χ0n) is 26.7. The summed E-state index contributed by atoms with van der Waals surface area (Å²) in [5.41, 5.74) is 1.35. The van der Waals surface area contributed by atoms with Crippen LogP contribution in [0.4, 0.5) is 17.6 Å². The highest BCUT2D eigenvalue weighted by Gasteiger charge is 2.19. The highest BCUT2D eigenvalue weighted by Crippen LogP contribution is 2.26. The highest BCUT2D eigenvalue weighted by atomic mass is 35.5. The molecule has 0 bridgehead atoms. The summed E-state index contributed by atoms with van der Waals surface area (Å²) >= 11 is 5.65. The Morgan fingerprint density at radius 3 is 1.64 bits per heavy atom. The van der Waals surface area contributed by atoms with Gasteiger partial charge in [0.25, 0.3) is 11.1 Å². The third-order valence-corrected chi connectivity index (χ3v) is 7.83. The fraction of sp³-hybridized carbons (Fsp3) is 0.0588. The minimum Gasteiger partial charge on any atom is -0.364 e. The molecule has 0 saturated heterocycles. The van der Waals surface area contributed by atoms with E-state index in [9.17, 15) is 27.2 Å². The number of aromatic nitrogens is 10. The average molecular weight is 747 g/mol. The Hall–Kier alpha value is -6.95. The van der Waals surface area contributed by atoms with Gasteiger partial charge in [-0.3, -0.25) is 19.0 Å². The van der Waals surface area contributed by atoms with Crippen LogP contribution >= 0.6 is 11.6 Å². The molecule has 0 aliphatic carbocycles. The van der Waals surface area contributed by atoms with Crippen molar-refractivity contribution >= 4 is 11.6 Å². The maximum absolute atomic E-state index is 14.0. The lowest BCUT2D eigenvalue weighted by Crippen LogP contribution is -2.14. The van der Waals surface area contributed by atoms with Crippen molar-refractivity contribution in [3.05, 3.63) is 152 Å². The number of nitrogens with zero attached hydrogens (tertiary/aromatic N) is 8. The third kappa shape index (κ3) is 7.42. The van der Waals surface area contributed by atoms with Crippen LogP contribution in [0.3, 0.4) is 0 Å². The largest absolute Gasteiger partial charge is 0.364 e. The van der Waals surface area contributed by atoms with Gasteiger partial charge in [0.15, 0.2) is 16.8 Å². The highest BCUT2D eigenvalue weighted by molar-refractivity contribution is 6.29. The van der Waals surface area contributed by atoms with Gasteiger partial charge in [-0.1, -0.05) is 58.3 Å². The summed E-state index contributed by atoms with van der Waals surface area (Å²) in [7, 11) is 0. The van der Waals surface area contributed by atoms with E-state index in [4.69, 9.17) is 20.6 Å². The van der Waals surface area contributed by atoms with Crippen LogP contribution in [0.2, 0.25) is 5.15 Å². The molecule has 19 heteroatoms. The molecule has 2 N–H and O–H groups in total. The van der Waals surface area contributed by atoms with Crippen LogP contribution in [-0.2, 0) is 13.1 Å². The summed E-state index contributed by atoms with van der Waals surface area (Å²) in [6.45, 7) is 0.217. The van der Waals surface area contributed by atoms with Crippen LogP contribution in [-0.4, -0.2) is 49.8 Å². The number of benzene rings is 2. The van der Waals surface area contributed by atoms with Crippen LogP contribution in [0.5, 0.6) is 0 Å². The molecule has 0 atom stereocenters. The van der Waals surface area contributed by atoms with Crippen LogP contribution in [0, 0.1) is 23.3 Å². The Kier molecular flexibility index (Phi) is 9.58. The first-order valence-corrected chi connectivity index (χ1v) is 15.7. The molecule has 0 spiro atoms. The molecule has 14 nitrogen and oxygen atoms in total. The molecule has 0 amide bonds. The van der Waals surface area contributed by atoms with E-state index in [-0.39, 0.29) is 43.4 Å². The molecule has 268 valence electrons. The van der Waals surface area contributed by atoms with E-state index in [1.807, 2.05) is 0 Å². The Labute approximate surface area is 299 Å². The van der Waals surface area contributed by atoms with Gasteiger partial charge in [0.2, 0.25) is 11.6 Å². The molecule has 0 unspecified atom stereocenters. The first-order chi connectivity index (χ1) is 25.6. The maximum Gasteiger partial charge on any atom is 0.288 e. The van der Waals surface area contributed by atoms with E-state index in [1.54, 1.807) is 60.7 Å². The number of rotatable bonds is 8. The fourth-order valence-corrected chi connectivity index (χ4v) is 5.22. The van der Waals surface area contributed by atoms with Gasteiger partial charge in [-0.15, -0.1) is 0 Å². The van der Waals surface area contributed by atoms with Gasteiger partial charge in [0, 0.05) is 24.7 Å². The number of nitrogens with one attached hydrogen (secondary N) is 2. The van der Waals surface area contributed by atoms with Gasteiger partial charge in [0.05, 0.1) is 30.7 Å². The maximum atomic E-state index is 14.0. The van der Waals surface area contributed by atoms with Crippen molar-refractivity contribution in [3.8, 4) is 45.8 Å². The second-order valence-electron chi connectivity index (χ2n) is 11.0. The van der Waals surface area contributed by atoms with E-state index < -0.39 is 33.7 Å². The minimum absolute atomic E-state index is 0. The molecule has 0 saturated carbocycles. The molecule has 2 aromatic carbocycles. The van der Waals surface area contributed by atoms with Crippen molar-refractivity contribution in [2.24, 2.45) is 0 Å². The van der Waals surface area contributed by atoms with E-state index in [0.717, 1.165) is 6.20 Å². The molecule has 0 radical (unpaired) electrons. The van der Waals surface area contributed by atoms with Crippen molar-refractivity contribution < 1.29 is 28.0 Å². The predicted molar refractivity (Wildman–Crippen MR) is 181 cm³/mol. The van der Waals surface area contributed by atoms with Crippen molar-refractivity contribution in [2.75, 3.05) is 0 Å². The van der Waals surface area contributed by atoms with Crippen LogP contribution in [0.15, 0.2) is 110 Å². The SMILES string of the molecule is O=c1[nH]c(-c2cc(-c3ccon3)n(Cc3ccccc3F)n2)nc(Cl)c1F.O=c1[nH]c(-c2cc(-c3ccon3)n(Cc3ccccc3F)n2)ncc1F.[HH]. The van der Waals surface area contributed by atoms with Crippen molar-refractivity contribution in [2.45, 2.75) is 13.1 Å². The van der Waals surface area contributed by atoms with Gasteiger partial charge in [-0.05, 0) is 24.3 Å². The molecular formula is C34H23ClF4N10O4. The normalized spacial score (nSPS) is 11.0. The Balaban J connectivity index is 0.000000181. The first-order valence-electron chi connectivity index (χ1n) is 15.3. The van der Waals surface area contributed by atoms with Gasteiger partial charge in [-0.25, -0.2) is 18.7 Å². The number of aromatic amines is 2. The standard InChI is InChI=1S/C17H10ClF2N5O2.C17H11F2N5O2.H2/c18-15-14(20)17(26)22-16(21-15)12-7-13(11-5-6-27-24-11)25(23-12)8-9-3-1-2-4-10(9)19;18-11-4-2-1-3-10(11)9-24-15(13-5-6-26-23-13)7-14(22-24)16-20-8-12(19)17(25)21-16;/h1-7H,8H2,(H,21,22,26);1-8H,9H2,(H,20,21,25);1H. The quantitative estimate of drug-likeness (QED) is 0.136. The topological polar surface area (TPSA) is 179 Å². The molecule has 0 aliphatic heterocycles. The monoisotopic (exact) mass is 746 g/mol. The van der Waals surface area contributed by atoms with Gasteiger partial charge in [-0.2, -0.15) is 19.0 Å². The lowest BCUT2D eigenvalue weighted by Gasteiger charge is -2.06. The van der Waals surface area contributed by atoms with Crippen LogP contribution < -0.4 is 11.1 Å². The zero-order chi connectivity index (χ0) is 37.1. The number of hydrogen-bond acceptors (Lipinski definition) is 10. The third-order valence-electron chi connectivity index (χ3n) is 7.58. The van der Waals surface area contributed by atoms with Crippen LogP contribution in [0.25, 0.3) is 45.8 Å². The van der Waals surface area contributed by atoms with E-state index in [0.29, 0.717) is 33.9 Å². The predicted octanol–water partition coefficient (Wildman–Crippen LogP) is 6.13. The van der Waals surface area contributed by atoms with E-state index in [1.165, 1.54) is 34.0 Å². The number of H-pyrrole nitrogens is 2. The summed E-state index contributed by atoms with van der Waals surface area (Å²) in [4.78, 5) is 35.4. The van der Waals surface area contributed by atoms with Crippen molar-refractivity contribution in [1.29, 1.82) is 0 Å². The number of halogens is 5. The minimum atomic E-state index is -1.18. The molecule has 6 heterocycles. The summed E-state index contributed by atoms with van der Waals surface area (Å²) in [5, 5.41) is 15.9. The molecule has 8 aromatic rings. The second kappa shape index (κ2) is 14.7. The Morgan fingerprint density at radius 1 is 0.660 bits per heavy atom. The smallest absolute Gasteiger partial charge is 0.288 e. The van der Waals surface area contributed by atoms with E-state index >= 15 is 0 Å². The van der Waals surface area contributed by atoms with E-state index in [2.05, 4.69) is 40.4 Å². The first kappa shape index (κ1) is 34.5. The summed E-state index contributed by atoms with van der Waals surface area (Å²) in [6.07, 6.45) is 3.59. The molecule has 6 aromatic heterocycles.